The van der Waals surface area contributed by atoms with Gasteiger partial charge in [0.05, 0.1) is 11.0 Å². The van der Waals surface area contributed by atoms with Gasteiger partial charge in [-0.1, -0.05) is 63.9 Å². The van der Waals surface area contributed by atoms with Gasteiger partial charge in [0, 0.05) is 11.6 Å². The molecule has 2 heterocycles. The van der Waals surface area contributed by atoms with E-state index < -0.39 is 11.2 Å². The SMILES string of the molecule is CC.CCCc1ccc2c(c1)nc1c(=O)[nH]c(=O)nc-1n2CCC(C)c1ccc(Cl)cc1. The van der Waals surface area contributed by atoms with Crippen LogP contribution in [-0.4, -0.2) is 19.5 Å². The molecule has 168 valence electrons. The number of H-pyrrole nitrogens is 1. The summed E-state index contributed by atoms with van der Waals surface area (Å²) in [5.41, 5.74) is 2.98. The van der Waals surface area contributed by atoms with E-state index in [1.54, 1.807) is 0 Å². The number of halogens is 1. The predicted octanol–water partition coefficient (Wildman–Crippen LogP) is 5.41. The number of aromatic nitrogens is 4. The molecule has 0 spiro atoms. The van der Waals surface area contributed by atoms with E-state index in [4.69, 9.17) is 11.6 Å². The molecule has 0 radical (unpaired) electrons. The minimum Gasteiger partial charge on any atom is -0.322 e. The fourth-order valence-electron chi connectivity index (χ4n) is 3.80. The highest BCUT2D eigenvalue weighted by Crippen LogP contribution is 2.26. The van der Waals surface area contributed by atoms with Crippen molar-refractivity contribution in [1.82, 2.24) is 19.5 Å². The first-order chi connectivity index (χ1) is 15.5. The molecule has 2 aromatic rings. The van der Waals surface area contributed by atoms with Crippen LogP contribution in [0.4, 0.5) is 0 Å². The highest BCUT2D eigenvalue weighted by molar-refractivity contribution is 6.30. The minimum atomic E-state index is -0.657. The maximum absolute atomic E-state index is 12.4. The highest BCUT2D eigenvalue weighted by atomic mass is 35.5. The molecule has 0 saturated heterocycles. The van der Waals surface area contributed by atoms with Crippen LogP contribution in [-0.2, 0) is 13.0 Å². The zero-order chi connectivity index (χ0) is 23.3. The van der Waals surface area contributed by atoms with Gasteiger partial charge < -0.3 is 4.57 Å². The van der Waals surface area contributed by atoms with E-state index in [-0.39, 0.29) is 11.6 Å². The second-order valence-corrected chi connectivity index (χ2v) is 8.06. The van der Waals surface area contributed by atoms with Gasteiger partial charge in [0.2, 0.25) is 0 Å². The number of aromatic amines is 1. The Morgan fingerprint density at radius 3 is 2.47 bits per heavy atom. The van der Waals surface area contributed by atoms with E-state index in [0.29, 0.717) is 17.4 Å². The molecule has 32 heavy (non-hydrogen) atoms. The van der Waals surface area contributed by atoms with Crippen LogP contribution in [0.25, 0.3) is 22.6 Å². The maximum atomic E-state index is 12.4. The third-order valence-corrected chi connectivity index (χ3v) is 5.69. The summed E-state index contributed by atoms with van der Waals surface area (Å²) in [5, 5.41) is 0.709. The van der Waals surface area contributed by atoms with Crippen LogP contribution >= 0.6 is 11.6 Å². The van der Waals surface area contributed by atoms with E-state index in [1.165, 1.54) is 11.1 Å². The average Bonchev–Trinajstić information content (AvgIpc) is 2.79. The summed E-state index contributed by atoms with van der Waals surface area (Å²) in [6, 6.07) is 13.9. The quantitative estimate of drug-likeness (QED) is 0.396. The Bertz CT molecular complexity index is 1280. The lowest BCUT2D eigenvalue weighted by molar-refractivity contribution is 0.582. The molecule has 0 bridgehead atoms. The third kappa shape index (κ3) is 5.07. The Morgan fingerprint density at radius 1 is 1.06 bits per heavy atom. The van der Waals surface area contributed by atoms with Crippen LogP contribution in [0, 0.1) is 0 Å². The van der Waals surface area contributed by atoms with Gasteiger partial charge in [-0.05, 0) is 54.2 Å². The van der Waals surface area contributed by atoms with Gasteiger partial charge >= 0.3 is 5.69 Å². The Balaban J connectivity index is 0.00000141. The number of hydrogen-bond acceptors (Lipinski definition) is 4. The van der Waals surface area contributed by atoms with Crippen molar-refractivity contribution in [2.24, 2.45) is 0 Å². The standard InChI is InChI=1S/C23H23ClN4O2.C2H6/c1-3-4-15-5-10-19-18(13-15)25-20-21(26-23(30)27-22(20)29)28(19)12-11-14(2)16-6-8-17(24)9-7-16;1-2/h5-10,13-14H,3-4,11-12H2,1-2H3,(H,27,29,30);1-2H3. The van der Waals surface area contributed by atoms with Gasteiger partial charge in [0.1, 0.15) is 0 Å². The Hall–Kier alpha value is -2.99. The van der Waals surface area contributed by atoms with Crippen molar-refractivity contribution in [2.75, 3.05) is 0 Å². The largest absolute Gasteiger partial charge is 0.349 e. The average molecular weight is 453 g/mol. The van der Waals surface area contributed by atoms with Crippen molar-refractivity contribution in [1.29, 1.82) is 0 Å². The van der Waals surface area contributed by atoms with E-state index in [9.17, 15) is 9.59 Å². The van der Waals surface area contributed by atoms with Crippen molar-refractivity contribution < 1.29 is 0 Å². The van der Waals surface area contributed by atoms with E-state index in [0.717, 1.165) is 30.3 Å². The number of nitrogens with one attached hydrogen (secondary N) is 1. The highest BCUT2D eigenvalue weighted by Gasteiger charge is 2.19. The molecule has 2 aliphatic heterocycles. The first kappa shape index (κ1) is 23.7. The van der Waals surface area contributed by atoms with Crippen molar-refractivity contribution in [2.45, 2.75) is 59.4 Å². The van der Waals surface area contributed by atoms with Crippen LogP contribution < -0.4 is 11.2 Å². The van der Waals surface area contributed by atoms with E-state index in [1.807, 2.05) is 54.8 Å². The monoisotopic (exact) mass is 452 g/mol. The van der Waals surface area contributed by atoms with Crippen LogP contribution in [0.15, 0.2) is 52.1 Å². The Kier molecular flexibility index (Phi) is 7.80. The maximum Gasteiger partial charge on any atom is 0.349 e. The van der Waals surface area contributed by atoms with Crippen molar-refractivity contribution in [3.05, 3.63) is 79.5 Å². The second-order valence-electron chi connectivity index (χ2n) is 7.62. The summed E-state index contributed by atoms with van der Waals surface area (Å²) < 4.78 is 1.94. The molecule has 6 nitrogen and oxygen atoms in total. The molecular formula is C25H29ClN4O2. The number of rotatable bonds is 6. The topological polar surface area (TPSA) is 80.6 Å². The number of fused-ring (bicyclic) bond motifs is 2. The Labute approximate surface area is 192 Å². The first-order valence-electron chi connectivity index (χ1n) is 11.1. The van der Waals surface area contributed by atoms with Gasteiger partial charge in [-0.2, -0.15) is 4.98 Å². The van der Waals surface area contributed by atoms with Crippen LogP contribution in [0.5, 0.6) is 0 Å². The zero-order valence-corrected chi connectivity index (χ0v) is 19.7. The number of aryl methyl sites for hydroxylation is 2. The molecule has 0 saturated carbocycles. The summed E-state index contributed by atoms with van der Waals surface area (Å²) in [6.07, 6.45) is 2.77. The molecule has 2 aromatic carbocycles. The molecule has 1 N–H and O–H groups in total. The van der Waals surface area contributed by atoms with Crippen LogP contribution in [0.1, 0.15) is 57.6 Å². The molecule has 0 fully saturated rings. The zero-order valence-electron chi connectivity index (χ0n) is 19.0. The predicted molar refractivity (Wildman–Crippen MR) is 131 cm³/mol. The van der Waals surface area contributed by atoms with Crippen molar-refractivity contribution >= 4 is 22.6 Å². The molecule has 0 amide bonds. The van der Waals surface area contributed by atoms with Crippen molar-refractivity contribution in [3.8, 4) is 11.5 Å². The molecule has 0 aliphatic carbocycles. The van der Waals surface area contributed by atoms with Crippen LogP contribution in [0.2, 0.25) is 5.02 Å². The fraction of sp³-hybridized carbons (Fsp3) is 0.360. The third-order valence-electron chi connectivity index (χ3n) is 5.44. The van der Waals surface area contributed by atoms with Gasteiger partial charge in [-0.3, -0.25) is 9.78 Å². The van der Waals surface area contributed by atoms with Gasteiger partial charge in [0.15, 0.2) is 11.5 Å². The van der Waals surface area contributed by atoms with Gasteiger partial charge in [0.25, 0.3) is 5.56 Å². The summed E-state index contributed by atoms with van der Waals surface area (Å²) in [7, 11) is 0. The lowest BCUT2D eigenvalue weighted by atomic mass is 9.98. The number of hydrogen-bond donors (Lipinski definition) is 1. The molecule has 4 rings (SSSR count). The summed E-state index contributed by atoms with van der Waals surface area (Å²) in [4.78, 5) is 35.2. The lowest BCUT2D eigenvalue weighted by Gasteiger charge is -2.19. The van der Waals surface area contributed by atoms with Crippen molar-refractivity contribution in [3.63, 3.8) is 0 Å². The molecule has 1 atom stereocenters. The summed E-state index contributed by atoms with van der Waals surface area (Å²) in [5.74, 6) is 0.587. The molecule has 0 aromatic heterocycles. The summed E-state index contributed by atoms with van der Waals surface area (Å²) >= 11 is 6.00. The molecular weight excluding hydrogens is 424 g/mol. The first-order valence-corrected chi connectivity index (χ1v) is 11.5. The number of nitrogens with zero attached hydrogens (tertiary/aromatic N) is 3. The lowest BCUT2D eigenvalue weighted by Crippen LogP contribution is -2.29. The Morgan fingerprint density at radius 2 is 1.78 bits per heavy atom. The minimum absolute atomic E-state index is 0.190. The normalized spacial score (nSPS) is 11.9. The van der Waals surface area contributed by atoms with Crippen LogP contribution in [0.3, 0.4) is 0 Å². The summed E-state index contributed by atoms with van der Waals surface area (Å²) in [6.45, 7) is 8.87. The smallest absolute Gasteiger partial charge is 0.322 e. The van der Waals surface area contributed by atoms with Gasteiger partial charge in [-0.25, -0.2) is 9.78 Å². The fourth-order valence-corrected chi connectivity index (χ4v) is 3.92. The van der Waals surface area contributed by atoms with E-state index >= 15 is 0 Å². The van der Waals surface area contributed by atoms with Gasteiger partial charge in [-0.15, -0.1) is 0 Å². The molecule has 2 aliphatic rings. The molecule has 1 unspecified atom stereocenters. The molecule has 7 heteroatoms. The second kappa shape index (κ2) is 10.6. The van der Waals surface area contributed by atoms with E-state index in [2.05, 4.69) is 34.9 Å². The number of benzene rings is 2.